The van der Waals surface area contributed by atoms with Gasteiger partial charge in [-0.1, -0.05) is 0 Å². The van der Waals surface area contributed by atoms with E-state index in [1.807, 2.05) is 6.92 Å². The Bertz CT molecular complexity index is 364. The summed E-state index contributed by atoms with van der Waals surface area (Å²) in [4.78, 5) is 12.9. The molecule has 2 nitrogen and oxygen atoms in total. The maximum Gasteiger partial charge on any atom is 0.129 e. The summed E-state index contributed by atoms with van der Waals surface area (Å²) in [6, 6.07) is 4.65. The van der Waals surface area contributed by atoms with Gasteiger partial charge in [-0.2, -0.15) is 0 Å². The first-order valence-electron chi connectivity index (χ1n) is 4.76. The van der Waals surface area contributed by atoms with Crippen LogP contribution in [-0.2, 0) is 4.79 Å². The number of aldehydes is 1. The molecule has 1 aliphatic rings. The molecule has 1 aliphatic heterocycles. The van der Waals surface area contributed by atoms with Crippen molar-refractivity contribution in [3.05, 3.63) is 29.6 Å². The second-order valence-corrected chi connectivity index (χ2v) is 3.48. The van der Waals surface area contributed by atoms with Crippen molar-refractivity contribution in [1.29, 1.82) is 0 Å². The highest BCUT2D eigenvalue weighted by Crippen LogP contribution is 2.35. The van der Waals surface area contributed by atoms with E-state index >= 15 is 0 Å². The lowest BCUT2D eigenvalue weighted by Crippen LogP contribution is -2.21. The first-order chi connectivity index (χ1) is 6.76. The maximum absolute atomic E-state index is 13.0. The van der Waals surface area contributed by atoms with Crippen molar-refractivity contribution < 1.29 is 9.18 Å². The van der Waals surface area contributed by atoms with Crippen molar-refractivity contribution in [1.82, 2.24) is 0 Å². The Labute approximate surface area is 82.3 Å². The van der Waals surface area contributed by atoms with E-state index < -0.39 is 0 Å². The number of nitrogens with zero attached hydrogens (tertiary/aromatic N) is 1. The Balaban J connectivity index is 2.47. The van der Waals surface area contributed by atoms with Crippen LogP contribution < -0.4 is 4.90 Å². The summed E-state index contributed by atoms with van der Waals surface area (Å²) in [6.07, 6.45) is 0.897. The van der Waals surface area contributed by atoms with Crippen LogP contribution in [0.1, 0.15) is 18.4 Å². The van der Waals surface area contributed by atoms with Crippen molar-refractivity contribution in [2.24, 2.45) is 0 Å². The van der Waals surface area contributed by atoms with Crippen LogP contribution in [0.3, 0.4) is 0 Å². The average Bonchev–Trinajstić information content (AvgIpc) is 2.55. The van der Waals surface area contributed by atoms with Gasteiger partial charge in [0.05, 0.1) is 5.92 Å². The number of carbonyl (C=O) groups is 1. The smallest absolute Gasteiger partial charge is 0.129 e. The minimum atomic E-state index is -0.270. The molecule has 0 aliphatic carbocycles. The molecule has 0 saturated carbocycles. The molecule has 0 spiro atoms. The van der Waals surface area contributed by atoms with Crippen LogP contribution >= 0.6 is 0 Å². The highest BCUT2D eigenvalue weighted by molar-refractivity contribution is 5.74. The van der Waals surface area contributed by atoms with Crippen molar-refractivity contribution in [3.8, 4) is 0 Å². The van der Waals surface area contributed by atoms with Gasteiger partial charge in [-0.3, -0.25) is 0 Å². The first-order valence-corrected chi connectivity index (χ1v) is 4.76. The number of carbonyl (C=O) groups excluding carboxylic acids is 1. The molecule has 0 aromatic heterocycles. The summed E-state index contributed by atoms with van der Waals surface area (Å²) in [7, 11) is 0. The van der Waals surface area contributed by atoms with E-state index in [1.165, 1.54) is 12.1 Å². The number of anilines is 1. The van der Waals surface area contributed by atoms with E-state index in [0.29, 0.717) is 6.54 Å². The fraction of sp³-hybridized carbons (Fsp3) is 0.364. The lowest BCUT2D eigenvalue weighted by Gasteiger charge is -2.16. The molecule has 14 heavy (non-hydrogen) atoms. The number of benzene rings is 1. The summed E-state index contributed by atoms with van der Waals surface area (Å²) >= 11 is 0. The topological polar surface area (TPSA) is 20.3 Å². The number of hydrogen-bond acceptors (Lipinski definition) is 2. The molecular formula is C11H12FNO. The molecular weight excluding hydrogens is 181 g/mol. The minimum absolute atomic E-state index is 0.166. The van der Waals surface area contributed by atoms with Crippen LogP contribution in [0.15, 0.2) is 18.2 Å². The van der Waals surface area contributed by atoms with Gasteiger partial charge in [0.25, 0.3) is 0 Å². The molecule has 1 heterocycles. The van der Waals surface area contributed by atoms with Gasteiger partial charge in [-0.15, -0.1) is 0 Å². The van der Waals surface area contributed by atoms with Gasteiger partial charge in [-0.25, -0.2) is 4.39 Å². The van der Waals surface area contributed by atoms with Gasteiger partial charge in [0.1, 0.15) is 12.1 Å². The Morgan fingerprint density at radius 2 is 2.43 bits per heavy atom. The summed E-state index contributed by atoms with van der Waals surface area (Å²) in [6.45, 7) is 3.56. The van der Waals surface area contributed by atoms with Crippen LogP contribution in [0.5, 0.6) is 0 Å². The highest BCUT2D eigenvalue weighted by Gasteiger charge is 2.27. The highest BCUT2D eigenvalue weighted by atomic mass is 19.1. The zero-order valence-electron chi connectivity index (χ0n) is 8.03. The van der Waals surface area contributed by atoms with Crippen LogP contribution in [0.2, 0.25) is 0 Å². The lowest BCUT2D eigenvalue weighted by atomic mass is 10.0. The predicted molar refractivity (Wildman–Crippen MR) is 53.1 cm³/mol. The zero-order valence-corrected chi connectivity index (χ0v) is 8.03. The number of hydrogen-bond donors (Lipinski definition) is 0. The van der Waals surface area contributed by atoms with Crippen LogP contribution in [0.4, 0.5) is 10.1 Å². The second-order valence-electron chi connectivity index (χ2n) is 3.48. The van der Waals surface area contributed by atoms with Gasteiger partial charge < -0.3 is 9.69 Å². The van der Waals surface area contributed by atoms with Crippen LogP contribution in [0.25, 0.3) is 0 Å². The molecule has 0 radical (unpaired) electrons. The van der Waals surface area contributed by atoms with E-state index in [4.69, 9.17) is 0 Å². The van der Waals surface area contributed by atoms with Gasteiger partial charge in [0, 0.05) is 18.8 Å². The average molecular weight is 193 g/mol. The predicted octanol–water partition coefficient (Wildman–Crippen LogP) is 1.95. The third-order valence-corrected chi connectivity index (χ3v) is 2.69. The van der Waals surface area contributed by atoms with Crippen LogP contribution in [0, 0.1) is 5.82 Å². The molecule has 0 saturated heterocycles. The third kappa shape index (κ3) is 1.29. The van der Waals surface area contributed by atoms with Crippen molar-refractivity contribution >= 4 is 12.0 Å². The summed E-state index contributed by atoms with van der Waals surface area (Å²) in [5.41, 5.74) is 1.81. The monoisotopic (exact) mass is 193 g/mol. The van der Waals surface area contributed by atoms with Crippen molar-refractivity contribution in [2.45, 2.75) is 12.8 Å². The fourth-order valence-electron chi connectivity index (χ4n) is 1.96. The number of rotatable bonds is 2. The summed E-state index contributed by atoms with van der Waals surface area (Å²) in [5.74, 6) is -0.436. The number of halogens is 1. The lowest BCUT2D eigenvalue weighted by molar-refractivity contribution is -0.108. The summed E-state index contributed by atoms with van der Waals surface area (Å²) in [5, 5.41) is 0. The van der Waals surface area contributed by atoms with E-state index in [1.54, 1.807) is 6.07 Å². The quantitative estimate of drug-likeness (QED) is 0.669. The molecule has 1 aromatic carbocycles. The normalized spacial score (nSPS) is 19.6. The second kappa shape index (κ2) is 3.40. The van der Waals surface area contributed by atoms with Crippen molar-refractivity contribution in [3.63, 3.8) is 0 Å². The molecule has 2 rings (SSSR count). The molecule has 1 atom stereocenters. The van der Waals surface area contributed by atoms with E-state index in [9.17, 15) is 9.18 Å². The zero-order chi connectivity index (χ0) is 10.1. The van der Waals surface area contributed by atoms with Gasteiger partial charge in [-0.05, 0) is 30.7 Å². The Kier molecular flexibility index (Phi) is 2.23. The molecule has 1 aromatic rings. The molecule has 0 N–H and O–H groups in total. The van der Waals surface area contributed by atoms with E-state index in [0.717, 1.165) is 24.1 Å². The van der Waals surface area contributed by atoms with Crippen molar-refractivity contribution in [2.75, 3.05) is 18.0 Å². The number of likely N-dealkylation sites (N-methyl/N-ethyl adjacent to an activating group) is 1. The molecule has 0 bridgehead atoms. The molecule has 74 valence electrons. The third-order valence-electron chi connectivity index (χ3n) is 2.69. The standard InChI is InChI=1S/C11H12FNO/c1-2-13-6-8(7-14)10-5-9(12)3-4-11(10)13/h3-5,7-8H,2,6H2,1H3. The van der Waals surface area contributed by atoms with Gasteiger partial charge in [0.15, 0.2) is 0 Å². The maximum atomic E-state index is 13.0. The van der Waals surface area contributed by atoms with Crippen LogP contribution in [-0.4, -0.2) is 19.4 Å². The van der Waals surface area contributed by atoms with Gasteiger partial charge in [0.2, 0.25) is 0 Å². The SMILES string of the molecule is CCN1CC(C=O)c2cc(F)ccc21. The number of fused-ring (bicyclic) bond motifs is 1. The largest absolute Gasteiger partial charge is 0.371 e. The molecule has 0 fully saturated rings. The minimum Gasteiger partial charge on any atom is -0.371 e. The Morgan fingerprint density at radius 1 is 1.64 bits per heavy atom. The molecule has 1 unspecified atom stereocenters. The fourth-order valence-corrected chi connectivity index (χ4v) is 1.96. The Morgan fingerprint density at radius 3 is 3.07 bits per heavy atom. The molecule has 3 heteroatoms. The Hall–Kier alpha value is -1.38. The first kappa shape index (κ1) is 9.19. The molecule has 0 amide bonds. The summed E-state index contributed by atoms with van der Waals surface area (Å²) < 4.78 is 13.0. The van der Waals surface area contributed by atoms with E-state index in [2.05, 4.69) is 4.90 Å². The van der Waals surface area contributed by atoms with E-state index in [-0.39, 0.29) is 11.7 Å². The van der Waals surface area contributed by atoms with Gasteiger partial charge >= 0.3 is 0 Å².